The van der Waals surface area contributed by atoms with Gasteiger partial charge >= 0.3 is 0 Å². The minimum atomic E-state index is -3.40. The number of rotatable bonds is 5. The lowest BCUT2D eigenvalue weighted by molar-refractivity contribution is 0.280. The third kappa shape index (κ3) is 3.76. The molecule has 1 heterocycles. The highest BCUT2D eigenvalue weighted by atomic mass is 32.2. The molecule has 0 bridgehead atoms. The predicted octanol–water partition coefficient (Wildman–Crippen LogP) is 0.999. The fraction of sp³-hybridized carbons (Fsp3) is 0.538. The van der Waals surface area contributed by atoms with Crippen molar-refractivity contribution in [2.75, 3.05) is 13.1 Å². The molecule has 2 rings (SSSR count). The minimum absolute atomic E-state index is 0.0817. The Morgan fingerprint density at radius 1 is 1.11 bits per heavy atom. The maximum Gasteiger partial charge on any atom is 0.279 e. The van der Waals surface area contributed by atoms with Gasteiger partial charge in [0.05, 0.1) is 6.61 Å². The van der Waals surface area contributed by atoms with E-state index in [0.29, 0.717) is 13.1 Å². The molecule has 6 heteroatoms. The quantitative estimate of drug-likeness (QED) is 0.847. The number of benzene rings is 1. The third-order valence-electron chi connectivity index (χ3n) is 3.39. The number of piperidine rings is 1. The first-order valence-corrected chi connectivity index (χ1v) is 8.00. The molecule has 1 aromatic rings. The highest BCUT2D eigenvalue weighted by molar-refractivity contribution is 7.87. The van der Waals surface area contributed by atoms with Crippen molar-refractivity contribution in [2.45, 2.75) is 32.4 Å². The Labute approximate surface area is 114 Å². The summed E-state index contributed by atoms with van der Waals surface area (Å²) in [4.78, 5) is 0. The standard InChI is InChI=1S/C13H20N2O3S/c16-11-13-7-3-2-6-12(13)10-14-19(17,18)15-8-4-1-5-9-15/h2-3,6-7,14,16H,1,4-5,8-11H2. The molecule has 0 aliphatic carbocycles. The Bertz CT molecular complexity index is 510. The number of nitrogens with zero attached hydrogens (tertiary/aromatic N) is 1. The Balaban J connectivity index is 2.00. The van der Waals surface area contributed by atoms with Gasteiger partial charge in [-0.2, -0.15) is 17.4 Å². The molecule has 19 heavy (non-hydrogen) atoms. The van der Waals surface area contributed by atoms with Crippen molar-refractivity contribution >= 4 is 10.2 Å². The van der Waals surface area contributed by atoms with Gasteiger partial charge in [0.25, 0.3) is 10.2 Å². The van der Waals surface area contributed by atoms with Crippen LogP contribution in [0.15, 0.2) is 24.3 Å². The summed E-state index contributed by atoms with van der Waals surface area (Å²) in [6.45, 7) is 1.32. The SMILES string of the molecule is O=S(=O)(NCc1ccccc1CO)N1CCCCC1. The summed E-state index contributed by atoms with van der Waals surface area (Å²) in [5.74, 6) is 0. The lowest BCUT2D eigenvalue weighted by atomic mass is 10.1. The number of aliphatic hydroxyl groups excluding tert-OH is 1. The van der Waals surface area contributed by atoms with Gasteiger partial charge in [0, 0.05) is 19.6 Å². The molecular weight excluding hydrogens is 264 g/mol. The Morgan fingerprint density at radius 2 is 1.74 bits per heavy atom. The molecule has 5 nitrogen and oxygen atoms in total. The first-order valence-electron chi connectivity index (χ1n) is 6.56. The van der Waals surface area contributed by atoms with Crippen LogP contribution in [-0.2, 0) is 23.4 Å². The smallest absolute Gasteiger partial charge is 0.279 e. The van der Waals surface area contributed by atoms with Crippen molar-refractivity contribution in [3.8, 4) is 0 Å². The largest absolute Gasteiger partial charge is 0.392 e. The average molecular weight is 284 g/mol. The van der Waals surface area contributed by atoms with E-state index in [4.69, 9.17) is 0 Å². The number of aliphatic hydroxyl groups is 1. The molecule has 0 saturated carbocycles. The van der Waals surface area contributed by atoms with Gasteiger partial charge in [0.1, 0.15) is 0 Å². The molecule has 0 radical (unpaired) electrons. The summed E-state index contributed by atoms with van der Waals surface area (Å²) in [6, 6.07) is 7.28. The van der Waals surface area contributed by atoms with Crippen LogP contribution in [0.1, 0.15) is 30.4 Å². The van der Waals surface area contributed by atoms with Gasteiger partial charge < -0.3 is 5.11 Å². The van der Waals surface area contributed by atoms with Crippen LogP contribution in [0, 0.1) is 0 Å². The highest BCUT2D eigenvalue weighted by Gasteiger charge is 2.23. The maximum absolute atomic E-state index is 12.1. The highest BCUT2D eigenvalue weighted by Crippen LogP contribution is 2.13. The second-order valence-electron chi connectivity index (χ2n) is 4.71. The second kappa shape index (κ2) is 6.47. The molecular formula is C13H20N2O3S. The van der Waals surface area contributed by atoms with Crippen LogP contribution >= 0.6 is 0 Å². The molecule has 1 fully saturated rings. The van der Waals surface area contributed by atoms with Crippen LogP contribution in [0.25, 0.3) is 0 Å². The van der Waals surface area contributed by atoms with E-state index in [1.165, 1.54) is 4.31 Å². The summed E-state index contributed by atoms with van der Waals surface area (Å²) in [5.41, 5.74) is 1.56. The van der Waals surface area contributed by atoms with E-state index in [0.717, 1.165) is 30.4 Å². The van der Waals surface area contributed by atoms with Gasteiger partial charge in [-0.25, -0.2) is 0 Å². The van der Waals surface area contributed by atoms with Gasteiger partial charge in [-0.15, -0.1) is 0 Å². The molecule has 1 aliphatic rings. The Hall–Kier alpha value is -0.950. The van der Waals surface area contributed by atoms with Crippen molar-refractivity contribution in [3.05, 3.63) is 35.4 Å². The first-order chi connectivity index (χ1) is 9.13. The summed E-state index contributed by atoms with van der Waals surface area (Å²) >= 11 is 0. The van der Waals surface area contributed by atoms with Gasteiger partial charge in [-0.1, -0.05) is 30.7 Å². The van der Waals surface area contributed by atoms with E-state index >= 15 is 0 Å². The number of nitrogens with one attached hydrogen (secondary N) is 1. The molecule has 2 N–H and O–H groups in total. The van der Waals surface area contributed by atoms with E-state index < -0.39 is 10.2 Å². The monoisotopic (exact) mass is 284 g/mol. The van der Waals surface area contributed by atoms with E-state index in [-0.39, 0.29) is 13.2 Å². The fourth-order valence-electron chi connectivity index (χ4n) is 2.25. The Kier molecular flexibility index (Phi) is 4.93. The van der Waals surface area contributed by atoms with E-state index in [9.17, 15) is 13.5 Å². The van der Waals surface area contributed by atoms with Crippen LogP contribution in [0.2, 0.25) is 0 Å². The van der Waals surface area contributed by atoms with E-state index in [1.807, 2.05) is 18.2 Å². The van der Waals surface area contributed by atoms with Crippen molar-refractivity contribution < 1.29 is 13.5 Å². The van der Waals surface area contributed by atoms with Crippen molar-refractivity contribution in [3.63, 3.8) is 0 Å². The molecule has 0 unspecified atom stereocenters. The average Bonchev–Trinajstić information content (AvgIpc) is 2.46. The zero-order valence-electron chi connectivity index (χ0n) is 10.9. The number of hydrogen-bond donors (Lipinski definition) is 2. The van der Waals surface area contributed by atoms with Crippen molar-refractivity contribution in [1.82, 2.24) is 9.03 Å². The Morgan fingerprint density at radius 3 is 2.37 bits per heavy atom. The van der Waals surface area contributed by atoms with Crippen LogP contribution in [0.3, 0.4) is 0 Å². The van der Waals surface area contributed by atoms with Gasteiger partial charge in [-0.3, -0.25) is 0 Å². The zero-order valence-corrected chi connectivity index (χ0v) is 11.7. The van der Waals surface area contributed by atoms with Gasteiger partial charge in [0.15, 0.2) is 0 Å². The molecule has 0 spiro atoms. The molecule has 106 valence electrons. The molecule has 1 aliphatic heterocycles. The maximum atomic E-state index is 12.1. The van der Waals surface area contributed by atoms with Gasteiger partial charge in [0.2, 0.25) is 0 Å². The van der Waals surface area contributed by atoms with Crippen LogP contribution in [0.4, 0.5) is 0 Å². The zero-order chi connectivity index (χ0) is 13.7. The molecule has 0 atom stereocenters. The topological polar surface area (TPSA) is 69.6 Å². The van der Waals surface area contributed by atoms with E-state index in [1.54, 1.807) is 6.07 Å². The first kappa shape index (κ1) is 14.5. The van der Waals surface area contributed by atoms with Crippen molar-refractivity contribution in [1.29, 1.82) is 0 Å². The van der Waals surface area contributed by atoms with Crippen LogP contribution in [-0.4, -0.2) is 30.9 Å². The molecule has 1 saturated heterocycles. The van der Waals surface area contributed by atoms with Gasteiger partial charge in [-0.05, 0) is 24.0 Å². The van der Waals surface area contributed by atoms with Crippen molar-refractivity contribution in [2.24, 2.45) is 0 Å². The fourth-order valence-corrected chi connectivity index (χ4v) is 3.51. The summed E-state index contributed by atoms with van der Waals surface area (Å²) in [5, 5.41) is 9.21. The normalized spacial score (nSPS) is 17.5. The second-order valence-corrected chi connectivity index (χ2v) is 6.47. The summed E-state index contributed by atoms with van der Waals surface area (Å²) < 4.78 is 28.3. The lowest BCUT2D eigenvalue weighted by Crippen LogP contribution is -2.43. The predicted molar refractivity (Wildman–Crippen MR) is 73.5 cm³/mol. The summed E-state index contributed by atoms with van der Waals surface area (Å²) in [7, 11) is -3.40. The molecule has 1 aromatic carbocycles. The molecule has 0 amide bonds. The summed E-state index contributed by atoms with van der Waals surface area (Å²) in [6.07, 6.45) is 2.95. The minimum Gasteiger partial charge on any atom is -0.392 e. The number of hydrogen-bond acceptors (Lipinski definition) is 3. The van der Waals surface area contributed by atoms with Crippen LogP contribution in [0.5, 0.6) is 0 Å². The lowest BCUT2D eigenvalue weighted by Gasteiger charge is -2.26. The van der Waals surface area contributed by atoms with E-state index in [2.05, 4.69) is 4.72 Å². The third-order valence-corrected chi connectivity index (χ3v) is 4.94. The molecule has 0 aromatic heterocycles. The van der Waals surface area contributed by atoms with Crippen LogP contribution < -0.4 is 4.72 Å².